The van der Waals surface area contributed by atoms with Crippen molar-refractivity contribution >= 4 is 11.6 Å². The van der Waals surface area contributed by atoms with Crippen LogP contribution in [0.3, 0.4) is 0 Å². The summed E-state index contributed by atoms with van der Waals surface area (Å²) in [6, 6.07) is 6.40. The standard InChI is InChI=1S/C14H19Cl/c1-10(2)14(3)8-4-5-11-6-7-12(15)9-13(11)14/h6-7,9-10H,4-5,8H2,1-3H3. The van der Waals surface area contributed by atoms with Crippen molar-refractivity contribution in [2.24, 2.45) is 5.92 Å². The Morgan fingerprint density at radius 3 is 2.73 bits per heavy atom. The first kappa shape index (κ1) is 11.0. The zero-order valence-corrected chi connectivity index (χ0v) is 10.6. The summed E-state index contributed by atoms with van der Waals surface area (Å²) in [4.78, 5) is 0. The first-order valence-electron chi connectivity index (χ1n) is 5.83. The molecule has 0 saturated heterocycles. The van der Waals surface area contributed by atoms with Gasteiger partial charge in [0.1, 0.15) is 0 Å². The second kappa shape index (κ2) is 3.83. The van der Waals surface area contributed by atoms with Gasteiger partial charge in [-0.15, -0.1) is 0 Å². The second-order valence-electron chi connectivity index (χ2n) is 5.23. The fourth-order valence-corrected chi connectivity index (χ4v) is 2.85. The molecule has 0 heterocycles. The highest BCUT2D eigenvalue weighted by Crippen LogP contribution is 2.43. The highest BCUT2D eigenvalue weighted by molar-refractivity contribution is 6.30. The molecule has 1 aromatic rings. The van der Waals surface area contributed by atoms with Gasteiger partial charge in [0.15, 0.2) is 0 Å². The third-order valence-electron chi connectivity index (χ3n) is 4.10. The van der Waals surface area contributed by atoms with Crippen molar-refractivity contribution in [1.29, 1.82) is 0 Å². The molecule has 0 aliphatic heterocycles. The van der Waals surface area contributed by atoms with Crippen molar-refractivity contribution in [1.82, 2.24) is 0 Å². The highest BCUT2D eigenvalue weighted by Gasteiger charge is 2.34. The van der Waals surface area contributed by atoms with Gasteiger partial charge < -0.3 is 0 Å². The van der Waals surface area contributed by atoms with Crippen LogP contribution in [-0.4, -0.2) is 0 Å². The third kappa shape index (κ3) is 1.80. The van der Waals surface area contributed by atoms with Gasteiger partial charge in [-0.3, -0.25) is 0 Å². The highest BCUT2D eigenvalue weighted by atomic mass is 35.5. The Labute approximate surface area is 97.6 Å². The topological polar surface area (TPSA) is 0 Å². The van der Waals surface area contributed by atoms with E-state index in [0.29, 0.717) is 11.3 Å². The normalized spacial score (nSPS) is 25.4. The summed E-state index contributed by atoms with van der Waals surface area (Å²) in [7, 11) is 0. The van der Waals surface area contributed by atoms with Crippen LogP contribution >= 0.6 is 11.6 Å². The van der Waals surface area contributed by atoms with Crippen LogP contribution in [0.5, 0.6) is 0 Å². The van der Waals surface area contributed by atoms with Gasteiger partial charge in [-0.05, 0) is 53.9 Å². The molecule has 1 atom stereocenters. The lowest BCUT2D eigenvalue weighted by molar-refractivity contribution is 0.290. The fraction of sp³-hybridized carbons (Fsp3) is 0.571. The Bertz CT molecular complexity index is 368. The Hall–Kier alpha value is -0.490. The van der Waals surface area contributed by atoms with Crippen LogP contribution in [0.15, 0.2) is 18.2 Å². The van der Waals surface area contributed by atoms with Crippen molar-refractivity contribution in [3.8, 4) is 0 Å². The third-order valence-corrected chi connectivity index (χ3v) is 4.34. The molecule has 0 N–H and O–H groups in total. The Morgan fingerprint density at radius 2 is 2.07 bits per heavy atom. The van der Waals surface area contributed by atoms with E-state index < -0.39 is 0 Å². The summed E-state index contributed by atoms with van der Waals surface area (Å²) in [6.07, 6.45) is 3.82. The molecule has 0 nitrogen and oxygen atoms in total. The van der Waals surface area contributed by atoms with Gasteiger partial charge in [-0.25, -0.2) is 0 Å². The summed E-state index contributed by atoms with van der Waals surface area (Å²) in [5, 5.41) is 0.877. The van der Waals surface area contributed by atoms with E-state index in [0.717, 1.165) is 5.02 Å². The number of hydrogen-bond acceptors (Lipinski definition) is 0. The quantitative estimate of drug-likeness (QED) is 0.652. The van der Waals surface area contributed by atoms with Crippen LogP contribution in [0.25, 0.3) is 0 Å². The Kier molecular flexibility index (Phi) is 2.81. The van der Waals surface area contributed by atoms with E-state index in [1.165, 1.54) is 30.4 Å². The number of aryl methyl sites for hydroxylation is 1. The van der Waals surface area contributed by atoms with Crippen LogP contribution in [-0.2, 0) is 11.8 Å². The molecule has 1 aliphatic carbocycles. The van der Waals surface area contributed by atoms with Crippen LogP contribution in [0.2, 0.25) is 5.02 Å². The average molecular weight is 223 g/mol. The van der Waals surface area contributed by atoms with E-state index in [2.05, 4.69) is 32.9 Å². The summed E-state index contributed by atoms with van der Waals surface area (Å²) in [5.41, 5.74) is 3.30. The second-order valence-corrected chi connectivity index (χ2v) is 5.66. The predicted octanol–water partition coefficient (Wildman–Crippen LogP) is 4.59. The maximum absolute atomic E-state index is 6.11. The van der Waals surface area contributed by atoms with Gasteiger partial charge in [0.2, 0.25) is 0 Å². The predicted molar refractivity (Wildman–Crippen MR) is 66.6 cm³/mol. The molecule has 0 fully saturated rings. The lowest BCUT2D eigenvalue weighted by Crippen LogP contribution is -2.32. The minimum absolute atomic E-state index is 0.318. The van der Waals surface area contributed by atoms with Crippen molar-refractivity contribution < 1.29 is 0 Å². The molecular weight excluding hydrogens is 204 g/mol. The molecule has 15 heavy (non-hydrogen) atoms. The van der Waals surface area contributed by atoms with Crippen molar-refractivity contribution in [3.63, 3.8) is 0 Å². The lowest BCUT2D eigenvalue weighted by Gasteiger charge is -2.39. The molecule has 0 saturated carbocycles. The van der Waals surface area contributed by atoms with E-state index in [9.17, 15) is 0 Å². The Balaban J connectivity index is 2.54. The molecule has 1 aliphatic rings. The monoisotopic (exact) mass is 222 g/mol. The molecule has 1 aromatic carbocycles. The van der Waals surface area contributed by atoms with Crippen molar-refractivity contribution in [2.45, 2.75) is 45.4 Å². The lowest BCUT2D eigenvalue weighted by atomic mass is 9.65. The average Bonchev–Trinajstić information content (AvgIpc) is 2.19. The molecule has 2 rings (SSSR count). The SMILES string of the molecule is CC(C)C1(C)CCCc2ccc(Cl)cc21. The number of hydrogen-bond donors (Lipinski definition) is 0. The van der Waals surface area contributed by atoms with Gasteiger partial charge in [0, 0.05) is 5.02 Å². The van der Waals surface area contributed by atoms with E-state index in [1.807, 2.05) is 6.07 Å². The summed E-state index contributed by atoms with van der Waals surface area (Å²) >= 11 is 6.11. The van der Waals surface area contributed by atoms with E-state index in [4.69, 9.17) is 11.6 Å². The van der Waals surface area contributed by atoms with E-state index in [1.54, 1.807) is 0 Å². The minimum atomic E-state index is 0.318. The van der Waals surface area contributed by atoms with Gasteiger partial charge in [-0.1, -0.05) is 38.4 Å². The molecule has 82 valence electrons. The summed E-state index contributed by atoms with van der Waals surface area (Å²) in [5.74, 6) is 0.676. The number of halogens is 1. The summed E-state index contributed by atoms with van der Waals surface area (Å²) in [6.45, 7) is 7.01. The molecule has 0 aromatic heterocycles. The first-order valence-corrected chi connectivity index (χ1v) is 6.21. The largest absolute Gasteiger partial charge is 0.0843 e. The smallest absolute Gasteiger partial charge is 0.0409 e. The van der Waals surface area contributed by atoms with Gasteiger partial charge in [-0.2, -0.15) is 0 Å². The van der Waals surface area contributed by atoms with Crippen LogP contribution in [0.1, 0.15) is 44.7 Å². The van der Waals surface area contributed by atoms with Gasteiger partial charge in [0.25, 0.3) is 0 Å². The van der Waals surface area contributed by atoms with Gasteiger partial charge >= 0.3 is 0 Å². The van der Waals surface area contributed by atoms with Crippen LogP contribution in [0, 0.1) is 5.92 Å². The van der Waals surface area contributed by atoms with Crippen LogP contribution < -0.4 is 0 Å². The fourth-order valence-electron chi connectivity index (χ4n) is 2.68. The first-order chi connectivity index (χ1) is 7.04. The summed E-state index contributed by atoms with van der Waals surface area (Å²) < 4.78 is 0. The zero-order valence-electron chi connectivity index (χ0n) is 9.81. The molecule has 1 unspecified atom stereocenters. The van der Waals surface area contributed by atoms with E-state index >= 15 is 0 Å². The maximum atomic E-state index is 6.11. The molecule has 0 bridgehead atoms. The number of benzene rings is 1. The zero-order chi connectivity index (χ0) is 11.1. The van der Waals surface area contributed by atoms with Gasteiger partial charge in [0.05, 0.1) is 0 Å². The van der Waals surface area contributed by atoms with Crippen molar-refractivity contribution in [3.05, 3.63) is 34.3 Å². The molecule has 1 heteroatoms. The molecule has 0 spiro atoms. The number of fused-ring (bicyclic) bond motifs is 1. The van der Waals surface area contributed by atoms with Crippen molar-refractivity contribution in [2.75, 3.05) is 0 Å². The minimum Gasteiger partial charge on any atom is -0.0843 e. The van der Waals surface area contributed by atoms with E-state index in [-0.39, 0.29) is 0 Å². The molecular formula is C14H19Cl. The Morgan fingerprint density at radius 1 is 1.33 bits per heavy atom. The number of rotatable bonds is 1. The molecule has 0 radical (unpaired) electrons. The van der Waals surface area contributed by atoms with Crippen LogP contribution in [0.4, 0.5) is 0 Å². The molecule has 0 amide bonds. The maximum Gasteiger partial charge on any atom is 0.0409 e.